The lowest BCUT2D eigenvalue weighted by atomic mass is 9.99. The molecule has 0 spiro atoms. The van der Waals surface area contributed by atoms with E-state index in [1.54, 1.807) is 6.08 Å². The average molecular weight is 386 g/mol. The molecule has 0 bridgehead atoms. The maximum atomic E-state index is 9.21. The zero-order valence-corrected chi connectivity index (χ0v) is 16.7. The molecule has 28 heavy (non-hydrogen) atoms. The number of unbranched alkanes of at least 4 members (excludes halogenated alkanes) is 1. The first-order valence-corrected chi connectivity index (χ1v) is 9.66. The lowest BCUT2D eigenvalue weighted by Gasteiger charge is -2.23. The van der Waals surface area contributed by atoms with Crippen molar-refractivity contribution >= 4 is 28.5 Å². The smallest absolute Gasteiger partial charge is 0.142 e. The molecule has 0 atom stereocenters. The highest BCUT2D eigenvalue weighted by Gasteiger charge is 2.20. The highest BCUT2D eigenvalue weighted by atomic mass is 16.5. The van der Waals surface area contributed by atoms with Gasteiger partial charge in [0, 0.05) is 31.3 Å². The van der Waals surface area contributed by atoms with Gasteiger partial charge in [-0.05, 0) is 37.1 Å². The number of hydrogen-bond acceptors (Lipinski definition) is 7. The first-order valence-electron chi connectivity index (χ1n) is 9.66. The van der Waals surface area contributed by atoms with Crippen LogP contribution in [0.2, 0.25) is 0 Å². The first-order chi connectivity index (χ1) is 13.5. The van der Waals surface area contributed by atoms with Crippen LogP contribution in [0.4, 0.5) is 11.4 Å². The molecule has 7 heteroatoms. The SMILES string of the molecule is CCCCOC1=CC(=Nc2ccc(N(CCO)CCO)cc2C)C(=N)CC1=N. The van der Waals surface area contributed by atoms with Crippen molar-refractivity contribution in [1.29, 1.82) is 10.8 Å². The summed E-state index contributed by atoms with van der Waals surface area (Å²) in [6.07, 6.45) is 3.84. The number of nitrogens with one attached hydrogen (secondary N) is 2. The highest BCUT2D eigenvalue weighted by molar-refractivity contribution is 6.51. The fourth-order valence-electron chi connectivity index (χ4n) is 2.91. The van der Waals surface area contributed by atoms with Gasteiger partial charge in [-0.25, -0.2) is 4.99 Å². The van der Waals surface area contributed by atoms with Crippen molar-refractivity contribution in [3.63, 3.8) is 0 Å². The number of allylic oxidation sites excluding steroid dienone is 2. The number of aliphatic imine (C=N–C) groups is 1. The predicted octanol–water partition coefficient (Wildman–Crippen LogP) is 3.00. The fraction of sp³-hybridized carbons (Fsp3) is 0.476. The first kappa shape index (κ1) is 21.8. The van der Waals surface area contributed by atoms with E-state index in [4.69, 9.17) is 15.6 Å². The van der Waals surface area contributed by atoms with Crippen molar-refractivity contribution in [2.75, 3.05) is 37.8 Å². The molecule has 0 heterocycles. The van der Waals surface area contributed by atoms with E-state index in [0.29, 0.717) is 42.6 Å². The maximum Gasteiger partial charge on any atom is 0.142 e. The summed E-state index contributed by atoms with van der Waals surface area (Å²) in [5.74, 6) is 0.495. The Morgan fingerprint density at radius 3 is 2.46 bits per heavy atom. The normalized spacial score (nSPS) is 15.7. The van der Waals surface area contributed by atoms with Crippen LogP contribution in [0.1, 0.15) is 31.7 Å². The third kappa shape index (κ3) is 5.74. The van der Waals surface area contributed by atoms with Gasteiger partial charge in [0.15, 0.2) is 0 Å². The van der Waals surface area contributed by atoms with Gasteiger partial charge in [-0.2, -0.15) is 0 Å². The van der Waals surface area contributed by atoms with Crippen molar-refractivity contribution in [2.45, 2.75) is 33.1 Å². The highest BCUT2D eigenvalue weighted by Crippen LogP contribution is 2.26. The number of ether oxygens (including phenoxy) is 1. The fourth-order valence-corrected chi connectivity index (χ4v) is 2.91. The lowest BCUT2D eigenvalue weighted by Crippen LogP contribution is -2.29. The molecular weight excluding hydrogens is 356 g/mol. The molecule has 152 valence electrons. The van der Waals surface area contributed by atoms with Crippen molar-refractivity contribution in [3.05, 3.63) is 35.6 Å². The monoisotopic (exact) mass is 386 g/mol. The Balaban J connectivity index is 2.27. The zero-order valence-electron chi connectivity index (χ0n) is 16.7. The van der Waals surface area contributed by atoms with E-state index >= 15 is 0 Å². The number of aliphatic hydroxyl groups excluding tert-OH is 2. The third-order valence-electron chi connectivity index (χ3n) is 4.51. The molecule has 1 aromatic carbocycles. The second-order valence-corrected chi connectivity index (χ2v) is 6.75. The maximum absolute atomic E-state index is 9.21. The van der Waals surface area contributed by atoms with Crippen LogP contribution in [0.15, 0.2) is 35.0 Å². The Bertz CT molecular complexity index is 765. The number of aliphatic hydroxyl groups is 2. The van der Waals surface area contributed by atoms with Crippen LogP contribution in [-0.4, -0.2) is 60.3 Å². The van der Waals surface area contributed by atoms with Crippen LogP contribution in [0.5, 0.6) is 0 Å². The molecule has 0 radical (unpaired) electrons. The molecule has 0 unspecified atom stereocenters. The van der Waals surface area contributed by atoms with Gasteiger partial charge in [0.2, 0.25) is 0 Å². The van der Waals surface area contributed by atoms with Gasteiger partial charge < -0.3 is 30.7 Å². The van der Waals surface area contributed by atoms with Gasteiger partial charge in [-0.1, -0.05) is 13.3 Å². The second kappa shape index (κ2) is 10.7. The Hall–Kier alpha value is -2.51. The summed E-state index contributed by atoms with van der Waals surface area (Å²) in [7, 11) is 0. The van der Waals surface area contributed by atoms with E-state index < -0.39 is 0 Å². The van der Waals surface area contributed by atoms with E-state index in [2.05, 4.69) is 11.9 Å². The van der Waals surface area contributed by atoms with E-state index in [1.165, 1.54) is 0 Å². The molecule has 1 aliphatic carbocycles. The lowest BCUT2D eigenvalue weighted by molar-refractivity contribution is 0.225. The third-order valence-corrected chi connectivity index (χ3v) is 4.51. The largest absolute Gasteiger partial charge is 0.492 e. The van der Waals surface area contributed by atoms with Crippen LogP contribution >= 0.6 is 0 Å². The number of aryl methyl sites for hydroxylation is 1. The molecule has 0 amide bonds. The number of nitrogens with zero attached hydrogens (tertiary/aromatic N) is 2. The Morgan fingerprint density at radius 1 is 1.14 bits per heavy atom. The quantitative estimate of drug-likeness (QED) is 0.463. The van der Waals surface area contributed by atoms with Gasteiger partial charge in [0.1, 0.15) is 5.76 Å². The van der Waals surface area contributed by atoms with Crippen LogP contribution in [0, 0.1) is 17.7 Å². The Morgan fingerprint density at radius 2 is 1.86 bits per heavy atom. The molecule has 1 aliphatic rings. The summed E-state index contributed by atoms with van der Waals surface area (Å²) < 4.78 is 5.69. The molecule has 7 nitrogen and oxygen atoms in total. The molecule has 0 aliphatic heterocycles. The number of anilines is 1. The van der Waals surface area contributed by atoms with Crippen LogP contribution in [-0.2, 0) is 4.74 Å². The minimum atomic E-state index is 0.0117. The van der Waals surface area contributed by atoms with Gasteiger partial charge in [-0.3, -0.25) is 0 Å². The van der Waals surface area contributed by atoms with Gasteiger partial charge in [0.05, 0.1) is 42.6 Å². The predicted molar refractivity (Wildman–Crippen MR) is 114 cm³/mol. The summed E-state index contributed by atoms with van der Waals surface area (Å²) in [4.78, 5) is 6.54. The summed E-state index contributed by atoms with van der Waals surface area (Å²) in [5.41, 5.74) is 3.72. The van der Waals surface area contributed by atoms with Gasteiger partial charge in [0.25, 0.3) is 0 Å². The summed E-state index contributed by atoms with van der Waals surface area (Å²) >= 11 is 0. The van der Waals surface area contributed by atoms with E-state index in [-0.39, 0.29) is 19.6 Å². The summed E-state index contributed by atoms with van der Waals surface area (Å²) in [6, 6.07) is 5.73. The van der Waals surface area contributed by atoms with Crippen molar-refractivity contribution in [2.24, 2.45) is 4.99 Å². The number of hydrogen-bond donors (Lipinski definition) is 4. The topological polar surface area (TPSA) is 113 Å². The van der Waals surface area contributed by atoms with E-state index in [9.17, 15) is 10.2 Å². The average Bonchev–Trinajstić information content (AvgIpc) is 2.66. The van der Waals surface area contributed by atoms with Crippen molar-refractivity contribution in [1.82, 2.24) is 0 Å². The molecule has 1 aromatic rings. The number of rotatable bonds is 10. The van der Waals surface area contributed by atoms with Gasteiger partial charge >= 0.3 is 0 Å². The summed E-state index contributed by atoms with van der Waals surface area (Å²) in [6.45, 7) is 5.50. The molecule has 0 fully saturated rings. The minimum Gasteiger partial charge on any atom is -0.492 e. The Labute approximate surface area is 166 Å². The zero-order chi connectivity index (χ0) is 20.5. The van der Waals surface area contributed by atoms with Crippen molar-refractivity contribution < 1.29 is 14.9 Å². The molecule has 0 aromatic heterocycles. The summed E-state index contributed by atoms with van der Waals surface area (Å²) in [5, 5.41) is 34.7. The number of benzene rings is 1. The van der Waals surface area contributed by atoms with Crippen LogP contribution in [0.3, 0.4) is 0 Å². The molecule has 0 saturated heterocycles. The minimum absolute atomic E-state index is 0.0117. The van der Waals surface area contributed by atoms with E-state index in [0.717, 1.165) is 29.8 Å². The standard InChI is InChI=1S/C21H30N4O3/c1-3-4-11-28-21-14-20(17(22)13-18(21)23)24-19-6-5-16(12-15(19)2)25(7-9-26)8-10-27/h5-6,12,14,22-23,26-27H,3-4,7-11,13H2,1-2H3. The van der Waals surface area contributed by atoms with Crippen LogP contribution < -0.4 is 4.90 Å². The van der Waals surface area contributed by atoms with E-state index in [1.807, 2.05) is 30.0 Å². The van der Waals surface area contributed by atoms with Crippen LogP contribution in [0.25, 0.3) is 0 Å². The molecule has 2 rings (SSSR count). The second-order valence-electron chi connectivity index (χ2n) is 6.75. The van der Waals surface area contributed by atoms with Crippen molar-refractivity contribution in [3.8, 4) is 0 Å². The molecule has 0 saturated carbocycles. The molecular formula is C21H30N4O3. The van der Waals surface area contributed by atoms with Gasteiger partial charge in [-0.15, -0.1) is 0 Å². The Kier molecular flexibility index (Phi) is 8.35. The molecule has 4 N–H and O–H groups in total.